The Kier molecular flexibility index (Phi) is 3.48. The Labute approximate surface area is 171 Å². The molecule has 0 aliphatic carbocycles. The molecule has 1 amide bonds. The van der Waals surface area contributed by atoms with Gasteiger partial charge >= 0.3 is 0 Å². The molecule has 0 unspecified atom stereocenters. The molecule has 2 aromatic carbocycles. The van der Waals surface area contributed by atoms with Crippen LogP contribution in [0.15, 0.2) is 74.5 Å². The Morgan fingerprint density at radius 1 is 1.07 bits per heavy atom. The van der Waals surface area contributed by atoms with Crippen molar-refractivity contribution in [1.29, 1.82) is 0 Å². The Balaban J connectivity index is 1.64. The molecular weight excluding hydrogens is 407 g/mol. The van der Waals surface area contributed by atoms with Crippen molar-refractivity contribution in [3.05, 3.63) is 94.0 Å². The summed E-state index contributed by atoms with van der Waals surface area (Å²) in [6.45, 7) is 0. The van der Waals surface area contributed by atoms with Gasteiger partial charge in [-0.2, -0.15) is 0 Å². The molecule has 0 radical (unpaired) electrons. The molecule has 30 heavy (non-hydrogen) atoms. The van der Waals surface area contributed by atoms with Gasteiger partial charge in [-0.15, -0.1) is 0 Å². The van der Waals surface area contributed by atoms with E-state index >= 15 is 0 Å². The zero-order valence-corrected chi connectivity index (χ0v) is 16.0. The number of hydrogen-bond acceptors (Lipinski definition) is 6. The molecule has 3 aromatic heterocycles. The molecule has 8 heteroatoms. The third-order valence-corrected chi connectivity index (χ3v) is 6.15. The number of para-hydroxylation sites is 1. The van der Waals surface area contributed by atoms with Crippen LogP contribution in [0.4, 0.5) is 9.52 Å². The Morgan fingerprint density at radius 2 is 1.93 bits per heavy atom. The van der Waals surface area contributed by atoms with Crippen molar-refractivity contribution in [2.45, 2.75) is 6.04 Å². The van der Waals surface area contributed by atoms with Crippen LogP contribution in [0.2, 0.25) is 0 Å². The molecular formula is C22H11FN2O4S. The summed E-state index contributed by atoms with van der Waals surface area (Å²) in [5.41, 5.74) is 0.805. The fourth-order valence-corrected chi connectivity index (χ4v) is 4.84. The van der Waals surface area contributed by atoms with Crippen LogP contribution in [0.25, 0.3) is 21.2 Å². The molecule has 0 bridgehead atoms. The molecule has 4 heterocycles. The molecule has 146 valence electrons. The molecule has 6 rings (SSSR count). The van der Waals surface area contributed by atoms with Gasteiger partial charge in [0.2, 0.25) is 5.76 Å². The lowest BCUT2D eigenvalue weighted by molar-refractivity contribution is 0.0969. The summed E-state index contributed by atoms with van der Waals surface area (Å²) in [6, 6.07) is 13.6. The Bertz CT molecular complexity index is 1520. The average molecular weight is 418 g/mol. The summed E-state index contributed by atoms with van der Waals surface area (Å²) in [7, 11) is 0. The fraction of sp³-hybridized carbons (Fsp3) is 0.0455. The van der Waals surface area contributed by atoms with Gasteiger partial charge in [0.15, 0.2) is 10.6 Å². The number of hydrogen-bond donors (Lipinski definition) is 0. The molecule has 1 aliphatic heterocycles. The molecule has 0 N–H and O–H groups in total. The summed E-state index contributed by atoms with van der Waals surface area (Å²) in [5, 5.41) is 0.714. The summed E-state index contributed by atoms with van der Waals surface area (Å²) in [5.74, 6) is -0.506. The standard InChI is InChI=1S/C22H11FN2O4S/c23-11-7-8-13-16(10-11)30-22(24-13)25-18(15-6-3-9-28-15)17-19(26)12-4-1-2-5-14(12)29-20(17)21(25)27/h1-10,18H/t18-/m1/s1. The lowest BCUT2D eigenvalue weighted by Gasteiger charge is -2.19. The first-order valence-electron chi connectivity index (χ1n) is 9.10. The van der Waals surface area contributed by atoms with E-state index in [9.17, 15) is 14.0 Å². The van der Waals surface area contributed by atoms with Crippen molar-refractivity contribution >= 4 is 43.6 Å². The maximum Gasteiger partial charge on any atom is 0.297 e. The maximum atomic E-state index is 13.7. The molecule has 1 atom stereocenters. The predicted molar refractivity (Wildman–Crippen MR) is 109 cm³/mol. The van der Waals surface area contributed by atoms with Crippen LogP contribution in [0.1, 0.15) is 27.9 Å². The monoisotopic (exact) mass is 418 g/mol. The number of fused-ring (bicyclic) bond motifs is 3. The number of benzene rings is 2. The quantitative estimate of drug-likeness (QED) is 0.408. The molecule has 0 fully saturated rings. The Hall–Kier alpha value is -3.78. The van der Waals surface area contributed by atoms with E-state index in [-0.39, 0.29) is 22.6 Å². The first kappa shape index (κ1) is 17.1. The van der Waals surface area contributed by atoms with Crippen LogP contribution >= 0.6 is 11.3 Å². The van der Waals surface area contributed by atoms with Crippen molar-refractivity contribution in [3.8, 4) is 0 Å². The van der Waals surface area contributed by atoms with E-state index < -0.39 is 11.9 Å². The molecule has 5 aromatic rings. The summed E-state index contributed by atoms with van der Waals surface area (Å²) >= 11 is 1.16. The summed E-state index contributed by atoms with van der Waals surface area (Å²) in [4.78, 5) is 32.6. The minimum absolute atomic E-state index is 0.0365. The van der Waals surface area contributed by atoms with Crippen LogP contribution in [0.3, 0.4) is 0 Å². The topological polar surface area (TPSA) is 76.6 Å². The van der Waals surface area contributed by atoms with Crippen molar-refractivity contribution in [1.82, 2.24) is 4.98 Å². The molecule has 6 nitrogen and oxygen atoms in total. The third kappa shape index (κ3) is 2.31. The van der Waals surface area contributed by atoms with Crippen molar-refractivity contribution in [2.75, 3.05) is 4.90 Å². The Morgan fingerprint density at radius 3 is 2.77 bits per heavy atom. The van der Waals surface area contributed by atoms with E-state index in [1.807, 2.05) is 0 Å². The smallest absolute Gasteiger partial charge is 0.297 e. The van der Waals surface area contributed by atoms with E-state index in [4.69, 9.17) is 8.83 Å². The lowest BCUT2D eigenvalue weighted by Crippen LogP contribution is -2.29. The molecule has 0 saturated heterocycles. The van der Waals surface area contributed by atoms with Gasteiger partial charge in [0.1, 0.15) is 23.2 Å². The molecule has 0 saturated carbocycles. The second-order valence-electron chi connectivity index (χ2n) is 6.87. The predicted octanol–water partition coefficient (Wildman–Crippen LogP) is 4.88. The van der Waals surface area contributed by atoms with Crippen LogP contribution < -0.4 is 10.3 Å². The van der Waals surface area contributed by atoms with Gasteiger partial charge in [-0.3, -0.25) is 14.5 Å². The summed E-state index contributed by atoms with van der Waals surface area (Å²) in [6.07, 6.45) is 1.48. The first-order chi connectivity index (χ1) is 14.6. The minimum Gasteiger partial charge on any atom is -0.467 e. The third-order valence-electron chi connectivity index (χ3n) is 5.14. The van der Waals surface area contributed by atoms with Crippen LogP contribution in [0.5, 0.6) is 0 Å². The van der Waals surface area contributed by atoms with Gasteiger partial charge in [-0.25, -0.2) is 9.37 Å². The number of rotatable bonds is 2. The summed E-state index contributed by atoms with van der Waals surface area (Å²) < 4.78 is 25.7. The van der Waals surface area contributed by atoms with E-state index in [1.165, 1.54) is 23.3 Å². The highest BCUT2D eigenvalue weighted by atomic mass is 32.1. The van der Waals surface area contributed by atoms with E-state index in [0.29, 0.717) is 32.1 Å². The number of anilines is 1. The first-order valence-corrected chi connectivity index (χ1v) is 9.92. The highest BCUT2D eigenvalue weighted by Gasteiger charge is 2.46. The lowest BCUT2D eigenvalue weighted by atomic mass is 10.0. The van der Waals surface area contributed by atoms with Crippen molar-refractivity contribution in [2.24, 2.45) is 0 Å². The number of nitrogens with zero attached hydrogens (tertiary/aromatic N) is 2. The van der Waals surface area contributed by atoms with Crippen LogP contribution in [-0.2, 0) is 0 Å². The van der Waals surface area contributed by atoms with Gasteiger partial charge in [-0.1, -0.05) is 23.5 Å². The fourth-order valence-electron chi connectivity index (χ4n) is 3.82. The average Bonchev–Trinajstić information content (AvgIpc) is 3.46. The van der Waals surface area contributed by atoms with Crippen LogP contribution in [-0.4, -0.2) is 10.9 Å². The highest BCUT2D eigenvalue weighted by molar-refractivity contribution is 7.22. The van der Waals surface area contributed by atoms with Crippen molar-refractivity contribution < 1.29 is 18.0 Å². The number of thiazole rings is 1. The number of amides is 1. The van der Waals surface area contributed by atoms with Gasteiger partial charge in [-0.05, 0) is 42.5 Å². The van der Waals surface area contributed by atoms with Gasteiger partial charge < -0.3 is 8.83 Å². The zero-order valence-electron chi connectivity index (χ0n) is 15.2. The van der Waals surface area contributed by atoms with E-state index in [2.05, 4.69) is 4.98 Å². The number of aromatic nitrogens is 1. The number of furan rings is 1. The normalized spacial score (nSPS) is 16.0. The largest absolute Gasteiger partial charge is 0.467 e. The molecule has 1 aliphatic rings. The van der Waals surface area contributed by atoms with Crippen molar-refractivity contribution in [3.63, 3.8) is 0 Å². The number of halogens is 1. The van der Waals surface area contributed by atoms with Gasteiger partial charge in [0.05, 0.1) is 27.4 Å². The maximum absolute atomic E-state index is 13.7. The minimum atomic E-state index is -0.825. The number of carbonyl (C=O) groups is 1. The van der Waals surface area contributed by atoms with E-state index in [0.717, 1.165) is 11.3 Å². The second kappa shape index (κ2) is 6.11. The van der Waals surface area contributed by atoms with Gasteiger partial charge in [0.25, 0.3) is 5.91 Å². The van der Waals surface area contributed by atoms with E-state index in [1.54, 1.807) is 42.5 Å². The highest BCUT2D eigenvalue weighted by Crippen LogP contribution is 2.43. The SMILES string of the molecule is O=C1c2oc3ccccc3c(=O)c2[C@@H](c2ccco2)N1c1nc2ccc(F)cc2s1. The molecule has 0 spiro atoms. The van der Waals surface area contributed by atoms with Gasteiger partial charge in [0, 0.05) is 0 Å². The second-order valence-corrected chi connectivity index (χ2v) is 7.88. The zero-order chi connectivity index (χ0) is 20.4. The number of carbonyl (C=O) groups excluding carboxylic acids is 1. The van der Waals surface area contributed by atoms with Crippen LogP contribution in [0, 0.1) is 5.82 Å².